The standard InChI is InChI=1S/C33H38FN5O6S/c1-32(2,3)45-31(41)38-14-12-33(13-15-38)17-21(18-33)39-20-36-27-10-8-22(16-24(27)30(39)40)44-29-25(19-35)28(11-9-26(29)34)37-46(42,43)23-6-4-5-7-23/h8-11,16,20-21,23,37H,4-7,12-15,17-18H2,1-3H3. The number of carbonyl (C=O) groups is 1. The van der Waals surface area contributed by atoms with Crippen LogP contribution in [0.2, 0.25) is 0 Å². The molecule has 2 aromatic carbocycles. The van der Waals surface area contributed by atoms with E-state index in [0.29, 0.717) is 31.4 Å². The predicted octanol–water partition coefficient (Wildman–Crippen LogP) is 6.24. The van der Waals surface area contributed by atoms with Crippen molar-refractivity contribution >= 4 is 32.7 Å². The second-order valence-electron chi connectivity index (χ2n) is 13.7. The molecule has 244 valence electrons. The van der Waals surface area contributed by atoms with Crippen LogP contribution >= 0.6 is 0 Å². The maximum absolute atomic E-state index is 15.0. The molecule has 2 saturated carbocycles. The number of rotatable bonds is 6. The molecule has 1 aromatic heterocycles. The number of sulfonamides is 1. The summed E-state index contributed by atoms with van der Waals surface area (Å²) in [5, 5.41) is 9.59. The normalized spacial score (nSPS) is 18.7. The van der Waals surface area contributed by atoms with Crippen LogP contribution in [0.1, 0.15) is 83.7 Å². The van der Waals surface area contributed by atoms with Gasteiger partial charge in [0.25, 0.3) is 5.56 Å². The summed E-state index contributed by atoms with van der Waals surface area (Å²) in [6.07, 6.45) is 7.16. The van der Waals surface area contributed by atoms with Gasteiger partial charge in [0.05, 0.1) is 28.2 Å². The lowest BCUT2D eigenvalue weighted by Crippen LogP contribution is -2.51. The number of amides is 1. The number of benzene rings is 2. The molecule has 2 heterocycles. The average Bonchev–Trinajstić information content (AvgIpc) is 3.54. The summed E-state index contributed by atoms with van der Waals surface area (Å²) in [5.74, 6) is -1.17. The first-order chi connectivity index (χ1) is 21.8. The zero-order valence-corrected chi connectivity index (χ0v) is 27.0. The molecule has 46 heavy (non-hydrogen) atoms. The summed E-state index contributed by atoms with van der Waals surface area (Å²) < 4.78 is 56.2. The fraction of sp³-hybridized carbons (Fsp3) is 0.515. The van der Waals surface area contributed by atoms with Crippen LogP contribution in [0.4, 0.5) is 14.9 Å². The zero-order chi connectivity index (χ0) is 32.9. The van der Waals surface area contributed by atoms with Crippen molar-refractivity contribution in [2.45, 2.75) is 89.0 Å². The number of hydrogen-bond donors (Lipinski definition) is 1. The first-order valence-electron chi connectivity index (χ1n) is 15.7. The molecule has 0 bridgehead atoms. The molecule has 2 aliphatic carbocycles. The third-order valence-corrected chi connectivity index (χ3v) is 11.2. The van der Waals surface area contributed by atoms with E-state index in [1.165, 1.54) is 18.2 Å². The van der Waals surface area contributed by atoms with Crippen LogP contribution in [0.25, 0.3) is 10.9 Å². The van der Waals surface area contributed by atoms with Crippen molar-refractivity contribution in [3.63, 3.8) is 0 Å². The van der Waals surface area contributed by atoms with Crippen LogP contribution < -0.4 is 15.0 Å². The Balaban J connectivity index is 1.18. The second-order valence-corrected chi connectivity index (χ2v) is 15.7. The number of anilines is 1. The van der Waals surface area contributed by atoms with Gasteiger partial charge in [-0.05, 0) is 95.0 Å². The minimum absolute atomic E-state index is 0.0470. The third-order valence-electron chi connectivity index (χ3n) is 9.40. The summed E-state index contributed by atoms with van der Waals surface area (Å²) in [7, 11) is -3.77. The van der Waals surface area contributed by atoms with Gasteiger partial charge in [-0.25, -0.2) is 22.6 Å². The Kier molecular flexibility index (Phi) is 8.21. The van der Waals surface area contributed by atoms with Crippen LogP contribution in [0.15, 0.2) is 41.5 Å². The lowest BCUT2D eigenvalue weighted by molar-refractivity contribution is -0.0241. The van der Waals surface area contributed by atoms with Gasteiger partial charge in [-0.1, -0.05) is 12.8 Å². The fourth-order valence-corrected chi connectivity index (χ4v) is 8.48. The molecule has 1 N–H and O–H groups in total. The summed E-state index contributed by atoms with van der Waals surface area (Å²) in [4.78, 5) is 32.3. The number of aromatic nitrogens is 2. The monoisotopic (exact) mass is 651 g/mol. The molecule has 1 aliphatic heterocycles. The number of fused-ring (bicyclic) bond motifs is 1. The number of nitrogens with zero attached hydrogens (tertiary/aromatic N) is 4. The summed E-state index contributed by atoms with van der Waals surface area (Å²) >= 11 is 0. The maximum Gasteiger partial charge on any atom is 0.410 e. The van der Waals surface area contributed by atoms with Gasteiger partial charge in [-0.15, -0.1) is 0 Å². The van der Waals surface area contributed by atoms with Gasteiger partial charge >= 0.3 is 6.09 Å². The quantitative estimate of drug-likeness (QED) is 0.330. The number of likely N-dealkylation sites (tertiary alicyclic amines) is 1. The zero-order valence-electron chi connectivity index (χ0n) is 26.2. The van der Waals surface area contributed by atoms with Crippen molar-refractivity contribution in [2.24, 2.45) is 5.41 Å². The largest absolute Gasteiger partial charge is 0.453 e. The molecule has 3 aromatic rings. The van der Waals surface area contributed by atoms with E-state index < -0.39 is 32.4 Å². The number of nitrogens with one attached hydrogen (secondary N) is 1. The van der Waals surface area contributed by atoms with E-state index in [4.69, 9.17) is 9.47 Å². The van der Waals surface area contributed by atoms with Crippen molar-refractivity contribution in [3.8, 4) is 17.6 Å². The van der Waals surface area contributed by atoms with Crippen LogP contribution in [-0.2, 0) is 14.8 Å². The van der Waals surface area contributed by atoms with Gasteiger partial charge in [-0.3, -0.25) is 14.1 Å². The van der Waals surface area contributed by atoms with Crippen LogP contribution in [0.5, 0.6) is 11.5 Å². The third kappa shape index (κ3) is 6.27. The minimum atomic E-state index is -3.77. The predicted molar refractivity (Wildman–Crippen MR) is 170 cm³/mol. The highest BCUT2D eigenvalue weighted by molar-refractivity contribution is 7.93. The van der Waals surface area contributed by atoms with Gasteiger partial charge in [0.15, 0.2) is 11.6 Å². The van der Waals surface area contributed by atoms with E-state index in [2.05, 4.69) is 9.71 Å². The molecular weight excluding hydrogens is 613 g/mol. The SMILES string of the molecule is CC(C)(C)OC(=O)N1CCC2(CC1)CC(n1cnc3ccc(Oc4c(F)ccc(NS(=O)(=O)C5CCCC5)c4C#N)cc3c1=O)C2. The lowest BCUT2D eigenvalue weighted by Gasteiger charge is -2.52. The molecule has 13 heteroatoms. The van der Waals surface area contributed by atoms with Crippen LogP contribution in [0.3, 0.4) is 0 Å². The van der Waals surface area contributed by atoms with Gasteiger partial charge in [0.1, 0.15) is 23.0 Å². The number of halogens is 1. The Labute approximate surface area is 267 Å². The number of nitriles is 1. The van der Waals surface area contributed by atoms with Crippen molar-refractivity contribution in [2.75, 3.05) is 17.8 Å². The maximum atomic E-state index is 15.0. The highest BCUT2D eigenvalue weighted by atomic mass is 32.2. The molecule has 0 unspecified atom stereocenters. The summed E-state index contributed by atoms with van der Waals surface area (Å²) in [6, 6.07) is 8.65. The molecule has 1 saturated heterocycles. The van der Waals surface area contributed by atoms with E-state index in [-0.39, 0.29) is 45.5 Å². The van der Waals surface area contributed by atoms with E-state index in [1.807, 2.05) is 26.8 Å². The minimum Gasteiger partial charge on any atom is -0.453 e. The Hall–Kier alpha value is -4.18. The highest BCUT2D eigenvalue weighted by Gasteiger charge is 2.47. The lowest BCUT2D eigenvalue weighted by atomic mass is 9.60. The summed E-state index contributed by atoms with van der Waals surface area (Å²) in [6.45, 7) is 6.76. The smallest absolute Gasteiger partial charge is 0.410 e. The Bertz CT molecular complexity index is 1880. The van der Waals surface area contributed by atoms with Gasteiger partial charge in [0, 0.05) is 19.1 Å². The Morgan fingerprint density at radius 1 is 1.13 bits per heavy atom. The topological polar surface area (TPSA) is 144 Å². The Morgan fingerprint density at radius 2 is 1.83 bits per heavy atom. The van der Waals surface area contributed by atoms with E-state index >= 15 is 4.39 Å². The molecule has 3 aliphatic rings. The summed E-state index contributed by atoms with van der Waals surface area (Å²) in [5.41, 5.74) is -0.672. The Morgan fingerprint density at radius 3 is 2.48 bits per heavy atom. The van der Waals surface area contributed by atoms with E-state index in [0.717, 1.165) is 44.6 Å². The number of carbonyl (C=O) groups excluding carboxylic acids is 1. The van der Waals surface area contributed by atoms with E-state index in [9.17, 15) is 23.3 Å². The molecule has 6 rings (SSSR count). The van der Waals surface area contributed by atoms with Gasteiger partial charge in [0.2, 0.25) is 10.0 Å². The van der Waals surface area contributed by atoms with Gasteiger partial charge < -0.3 is 14.4 Å². The number of hydrogen-bond acceptors (Lipinski definition) is 8. The average molecular weight is 652 g/mol. The first-order valence-corrected chi connectivity index (χ1v) is 17.2. The van der Waals surface area contributed by atoms with Crippen molar-refractivity contribution in [3.05, 3.63) is 58.4 Å². The molecule has 3 fully saturated rings. The fourth-order valence-electron chi connectivity index (χ4n) is 6.88. The molecule has 0 atom stereocenters. The van der Waals surface area contributed by atoms with Gasteiger partial charge in [-0.2, -0.15) is 5.26 Å². The second kappa shape index (κ2) is 11.9. The highest BCUT2D eigenvalue weighted by Crippen LogP contribution is 2.54. The number of ether oxygens (including phenoxy) is 2. The first kappa shape index (κ1) is 31.8. The molecular formula is C33H38FN5O6S. The van der Waals surface area contributed by atoms with Crippen LogP contribution in [0, 0.1) is 22.6 Å². The molecule has 0 radical (unpaired) electrons. The van der Waals surface area contributed by atoms with Crippen molar-refractivity contribution in [1.82, 2.24) is 14.5 Å². The molecule has 1 amide bonds. The molecule has 11 nitrogen and oxygen atoms in total. The van der Waals surface area contributed by atoms with Crippen LogP contribution in [-0.4, -0.2) is 52.9 Å². The van der Waals surface area contributed by atoms with Crippen molar-refractivity contribution < 1.29 is 27.1 Å². The van der Waals surface area contributed by atoms with E-state index in [1.54, 1.807) is 21.9 Å². The number of piperidine rings is 1. The molecule has 1 spiro atoms. The van der Waals surface area contributed by atoms with Crippen molar-refractivity contribution in [1.29, 1.82) is 5.26 Å².